The molecular weight excluding hydrogens is 340 g/mol. The minimum atomic E-state index is -0.635. The second-order valence-electron chi connectivity index (χ2n) is 11.0. The van der Waals surface area contributed by atoms with Crippen LogP contribution in [-0.2, 0) is 14.3 Å². The molecule has 0 saturated heterocycles. The van der Waals surface area contributed by atoms with Crippen LogP contribution in [0.3, 0.4) is 0 Å². The molecule has 1 amide bonds. The highest BCUT2D eigenvalue weighted by atomic mass is 16.6. The van der Waals surface area contributed by atoms with E-state index in [1.54, 1.807) is 0 Å². The molecule has 5 heteroatoms. The number of nitrogens with one attached hydrogen (secondary N) is 1. The summed E-state index contributed by atoms with van der Waals surface area (Å²) in [6, 6.07) is 0. The summed E-state index contributed by atoms with van der Waals surface area (Å²) in [5.41, 5.74) is 5.61. The summed E-state index contributed by atoms with van der Waals surface area (Å²) in [6.07, 6.45) is 5.53. The van der Waals surface area contributed by atoms with E-state index in [0.717, 1.165) is 49.8 Å². The number of carbonyl (C=O) groups excluding carboxylic acids is 2. The molecule has 1 saturated carbocycles. The van der Waals surface area contributed by atoms with E-state index in [-0.39, 0.29) is 28.1 Å². The number of fused-ring (bicyclic) bond motifs is 3. The van der Waals surface area contributed by atoms with Gasteiger partial charge in [-0.15, -0.1) is 0 Å². The minimum Gasteiger partial charge on any atom is -0.454 e. The van der Waals surface area contributed by atoms with Crippen molar-refractivity contribution in [1.82, 2.24) is 5.43 Å². The lowest BCUT2D eigenvalue weighted by molar-refractivity contribution is -0.167. The molecule has 1 N–H and O–H groups in total. The Morgan fingerprint density at radius 3 is 2.19 bits per heavy atom. The third-order valence-electron chi connectivity index (χ3n) is 6.15. The zero-order chi connectivity index (χ0) is 20.3. The van der Waals surface area contributed by atoms with Crippen LogP contribution >= 0.6 is 0 Å². The second kappa shape index (κ2) is 6.18. The van der Waals surface area contributed by atoms with Gasteiger partial charge in [0.25, 0.3) is 0 Å². The van der Waals surface area contributed by atoms with Crippen LogP contribution in [0.2, 0.25) is 0 Å². The molecule has 0 radical (unpaired) electrons. The van der Waals surface area contributed by atoms with Gasteiger partial charge in [0.1, 0.15) is 5.60 Å². The van der Waals surface area contributed by atoms with Gasteiger partial charge in [-0.2, -0.15) is 5.10 Å². The molecule has 2 unspecified atom stereocenters. The molecule has 2 bridgehead atoms. The summed E-state index contributed by atoms with van der Waals surface area (Å²) >= 11 is 0. The first-order chi connectivity index (χ1) is 12.2. The quantitative estimate of drug-likeness (QED) is 0.571. The normalized spacial score (nSPS) is 35.4. The zero-order valence-corrected chi connectivity index (χ0v) is 17.9. The number of nitrogens with zero attached hydrogens (tertiary/aromatic N) is 1. The molecule has 0 spiro atoms. The largest absolute Gasteiger partial charge is 0.454 e. The Kier molecular flexibility index (Phi) is 4.60. The maximum Gasteiger partial charge on any atom is 0.303 e. The molecule has 150 valence electrons. The van der Waals surface area contributed by atoms with Crippen molar-refractivity contribution in [1.29, 1.82) is 0 Å². The smallest absolute Gasteiger partial charge is 0.303 e. The van der Waals surface area contributed by atoms with E-state index in [2.05, 4.69) is 45.1 Å². The van der Waals surface area contributed by atoms with Crippen LogP contribution in [-0.4, -0.2) is 23.2 Å². The molecule has 0 heterocycles. The van der Waals surface area contributed by atoms with Crippen molar-refractivity contribution < 1.29 is 14.3 Å². The Balaban J connectivity index is 2.20. The molecule has 5 nitrogen and oxygen atoms in total. The highest BCUT2D eigenvalue weighted by molar-refractivity contribution is 6.05. The highest BCUT2D eigenvalue weighted by Crippen LogP contribution is 2.62. The summed E-state index contributed by atoms with van der Waals surface area (Å²) in [5, 5.41) is 4.50. The van der Waals surface area contributed by atoms with Crippen molar-refractivity contribution in [2.75, 3.05) is 0 Å². The molecule has 1 fully saturated rings. The van der Waals surface area contributed by atoms with E-state index in [4.69, 9.17) is 4.74 Å². The van der Waals surface area contributed by atoms with Crippen LogP contribution in [0.5, 0.6) is 0 Å². The van der Waals surface area contributed by atoms with Gasteiger partial charge in [0.2, 0.25) is 5.91 Å². The Morgan fingerprint density at radius 2 is 1.59 bits per heavy atom. The van der Waals surface area contributed by atoms with Gasteiger partial charge in [-0.3, -0.25) is 9.59 Å². The predicted octanol–water partition coefficient (Wildman–Crippen LogP) is 4.52. The van der Waals surface area contributed by atoms with Crippen LogP contribution < -0.4 is 5.43 Å². The van der Waals surface area contributed by atoms with Crippen molar-refractivity contribution in [3.05, 3.63) is 11.1 Å². The van der Waals surface area contributed by atoms with Gasteiger partial charge in [0.05, 0.1) is 5.71 Å². The first-order valence-corrected chi connectivity index (χ1v) is 10.0. The molecule has 3 rings (SSSR count). The van der Waals surface area contributed by atoms with E-state index in [1.807, 2.05) is 0 Å². The van der Waals surface area contributed by atoms with Crippen molar-refractivity contribution >= 4 is 17.6 Å². The fraction of sp³-hybridized carbons (Fsp3) is 0.773. The second-order valence-corrected chi connectivity index (χ2v) is 11.0. The summed E-state index contributed by atoms with van der Waals surface area (Å²) in [5.74, 6) is -0.424. The Morgan fingerprint density at radius 1 is 0.926 bits per heavy atom. The van der Waals surface area contributed by atoms with Crippen molar-refractivity contribution in [3.8, 4) is 0 Å². The Hall–Kier alpha value is -1.65. The van der Waals surface area contributed by atoms with Gasteiger partial charge in [0, 0.05) is 19.4 Å². The maximum atomic E-state index is 12.1. The lowest BCUT2D eigenvalue weighted by Crippen LogP contribution is -2.56. The predicted molar refractivity (Wildman–Crippen MR) is 106 cm³/mol. The van der Waals surface area contributed by atoms with Crippen molar-refractivity contribution in [3.63, 3.8) is 0 Å². The molecule has 2 atom stereocenters. The van der Waals surface area contributed by atoms with Gasteiger partial charge < -0.3 is 4.74 Å². The molecule has 0 aromatic carbocycles. The van der Waals surface area contributed by atoms with Crippen LogP contribution in [0.15, 0.2) is 16.2 Å². The summed E-state index contributed by atoms with van der Waals surface area (Å²) in [7, 11) is 0. The lowest BCUT2D eigenvalue weighted by Gasteiger charge is -2.58. The minimum absolute atomic E-state index is 0.0745. The number of hydrazone groups is 1. The highest BCUT2D eigenvalue weighted by Gasteiger charge is 2.59. The molecule has 0 aromatic rings. The molecule has 3 aliphatic carbocycles. The number of carbonyl (C=O) groups is 2. The van der Waals surface area contributed by atoms with Gasteiger partial charge in [-0.25, -0.2) is 5.43 Å². The number of esters is 1. The van der Waals surface area contributed by atoms with Gasteiger partial charge >= 0.3 is 5.97 Å². The average molecular weight is 375 g/mol. The first kappa shape index (κ1) is 20.1. The van der Waals surface area contributed by atoms with Gasteiger partial charge in [-0.05, 0) is 54.8 Å². The van der Waals surface area contributed by atoms with E-state index in [0.29, 0.717) is 0 Å². The van der Waals surface area contributed by atoms with Crippen molar-refractivity contribution in [2.45, 2.75) is 92.6 Å². The molecule has 0 aromatic heterocycles. The van der Waals surface area contributed by atoms with E-state index < -0.39 is 5.60 Å². The van der Waals surface area contributed by atoms with Crippen LogP contribution in [0.25, 0.3) is 0 Å². The summed E-state index contributed by atoms with van der Waals surface area (Å²) in [4.78, 5) is 23.7. The van der Waals surface area contributed by atoms with Crippen LogP contribution in [0.1, 0.15) is 87.0 Å². The van der Waals surface area contributed by atoms with Gasteiger partial charge in [0.15, 0.2) is 0 Å². The summed E-state index contributed by atoms with van der Waals surface area (Å²) in [6.45, 7) is 14.3. The number of amides is 1. The van der Waals surface area contributed by atoms with Crippen LogP contribution in [0.4, 0.5) is 0 Å². The van der Waals surface area contributed by atoms with Crippen LogP contribution in [0, 0.1) is 16.2 Å². The number of hydrogen-bond donors (Lipinski definition) is 1. The third-order valence-corrected chi connectivity index (χ3v) is 6.15. The molecule has 27 heavy (non-hydrogen) atoms. The number of hydrogen-bond acceptors (Lipinski definition) is 4. The molecular formula is C22H34N2O3. The Labute approximate surface area is 163 Å². The SMILES string of the molecule is CC(=O)N/N=C1\CC(C)(C)CC2=C1C1(OC(C)=O)CC(C)(C)CC(C)(C2)C1. The molecule has 3 aliphatic rings. The van der Waals surface area contributed by atoms with E-state index in [9.17, 15) is 9.59 Å². The Bertz CT molecular complexity index is 747. The van der Waals surface area contributed by atoms with E-state index in [1.165, 1.54) is 19.4 Å². The van der Waals surface area contributed by atoms with Crippen molar-refractivity contribution in [2.24, 2.45) is 21.3 Å². The monoisotopic (exact) mass is 374 g/mol. The fourth-order valence-electron chi connectivity index (χ4n) is 6.47. The lowest BCUT2D eigenvalue weighted by atomic mass is 9.49. The number of rotatable bonds is 2. The van der Waals surface area contributed by atoms with Gasteiger partial charge in [-0.1, -0.05) is 40.2 Å². The number of ether oxygens (including phenoxy) is 1. The average Bonchev–Trinajstić information content (AvgIpc) is 2.38. The third kappa shape index (κ3) is 3.97. The number of allylic oxidation sites excluding steroid dienone is 1. The standard InChI is InChI=1S/C22H34N2O3/c1-14(25)23-24-17-10-19(3,4)8-16-9-21(7)11-20(5,6)12-22(13-21,18(16)17)27-15(2)26/h8-13H2,1-7H3,(H,23,25)/b24-17+. The maximum absolute atomic E-state index is 12.1. The zero-order valence-electron chi connectivity index (χ0n) is 17.9. The fourth-order valence-corrected chi connectivity index (χ4v) is 6.47. The van der Waals surface area contributed by atoms with E-state index >= 15 is 0 Å². The summed E-state index contributed by atoms with van der Waals surface area (Å²) < 4.78 is 6.13. The topological polar surface area (TPSA) is 67.8 Å². The molecule has 0 aliphatic heterocycles. The first-order valence-electron chi connectivity index (χ1n) is 10.0.